The highest BCUT2D eigenvalue weighted by Gasteiger charge is 2.30. The molecule has 0 bridgehead atoms. The number of rotatable bonds is 4. The van der Waals surface area contributed by atoms with Crippen molar-refractivity contribution in [2.24, 2.45) is 5.92 Å². The molecule has 34 heavy (non-hydrogen) atoms. The highest BCUT2D eigenvalue weighted by molar-refractivity contribution is 6.40. The maximum atomic E-state index is 6.56. The van der Waals surface area contributed by atoms with Gasteiger partial charge < -0.3 is 15.5 Å². The average Bonchev–Trinajstić information content (AvgIpc) is 3.32. The molecule has 3 aromatic rings. The van der Waals surface area contributed by atoms with Gasteiger partial charge in [-0.25, -0.2) is 9.67 Å². The van der Waals surface area contributed by atoms with Crippen LogP contribution in [-0.4, -0.2) is 63.3 Å². The molecule has 2 N–H and O–H groups in total. The topological polar surface area (TPSA) is 89.0 Å². The van der Waals surface area contributed by atoms with Crippen molar-refractivity contribution in [2.45, 2.75) is 13.0 Å². The number of hydrogen-bond acceptors (Lipinski definition) is 7. The lowest BCUT2D eigenvalue weighted by molar-refractivity contribution is 0.313. The Balaban J connectivity index is 1.46. The number of likely N-dealkylation sites (N-methyl/N-ethyl adjacent to an activating group) is 1. The number of piperazine rings is 1. The SMILES string of the molecule is CC1C=CC(Cl)=C(Cl)C1n1nnnc1-c1cc(-c2ccc(N3CCN(C)CC3)cc2)cnc1N. The average molecular weight is 497 g/mol. The van der Waals surface area contributed by atoms with Crippen molar-refractivity contribution < 1.29 is 0 Å². The van der Waals surface area contributed by atoms with Crippen LogP contribution < -0.4 is 10.6 Å². The zero-order valence-corrected chi connectivity index (χ0v) is 20.6. The van der Waals surface area contributed by atoms with Gasteiger partial charge in [0.1, 0.15) is 5.82 Å². The second-order valence-electron chi connectivity index (χ2n) is 8.80. The molecule has 2 aromatic heterocycles. The number of pyridine rings is 1. The minimum atomic E-state index is -0.324. The minimum absolute atomic E-state index is 0.0525. The monoisotopic (exact) mass is 496 g/mol. The van der Waals surface area contributed by atoms with Crippen LogP contribution in [0.3, 0.4) is 0 Å². The molecule has 1 saturated heterocycles. The highest BCUT2D eigenvalue weighted by Crippen LogP contribution is 2.40. The molecule has 8 nitrogen and oxygen atoms in total. The largest absolute Gasteiger partial charge is 0.383 e. The van der Waals surface area contributed by atoms with Crippen LogP contribution in [-0.2, 0) is 0 Å². The number of nitrogen functional groups attached to an aromatic ring is 1. The molecule has 176 valence electrons. The molecule has 0 radical (unpaired) electrons. The van der Waals surface area contributed by atoms with Gasteiger partial charge in [0.25, 0.3) is 0 Å². The summed E-state index contributed by atoms with van der Waals surface area (Å²) in [5.41, 5.74) is 10.1. The lowest BCUT2D eigenvalue weighted by Crippen LogP contribution is -2.44. The van der Waals surface area contributed by atoms with E-state index in [2.05, 4.69) is 61.6 Å². The van der Waals surface area contributed by atoms with Gasteiger partial charge >= 0.3 is 0 Å². The number of anilines is 2. The first-order valence-electron chi connectivity index (χ1n) is 11.2. The van der Waals surface area contributed by atoms with Crippen molar-refractivity contribution in [1.82, 2.24) is 30.1 Å². The fourth-order valence-corrected chi connectivity index (χ4v) is 4.96. The van der Waals surface area contributed by atoms with E-state index in [0.29, 0.717) is 27.3 Å². The summed E-state index contributed by atoms with van der Waals surface area (Å²) in [7, 11) is 2.16. The predicted molar refractivity (Wildman–Crippen MR) is 137 cm³/mol. The van der Waals surface area contributed by atoms with Crippen molar-refractivity contribution in [2.75, 3.05) is 43.9 Å². The number of tetrazole rings is 1. The maximum absolute atomic E-state index is 6.56. The number of hydrogen-bond donors (Lipinski definition) is 1. The molecule has 0 saturated carbocycles. The third-order valence-electron chi connectivity index (χ3n) is 6.52. The first-order valence-corrected chi connectivity index (χ1v) is 12.0. The van der Waals surface area contributed by atoms with Crippen LogP contribution in [0.15, 0.2) is 58.7 Å². The minimum Gasteiger partial charge on any atom is -0.383 e. The first-order chi connectivity index (χ1) is 16.4. The molecule has 0 spiro atoms. The van der Waals surface area contributed by atoms with Crippen LogP contribution >= 0.6 is 23.2 Å². The Morgan fingerprint density at radius 3 is 2.50 bits per heavy atom. The summed E-state index contributed by atoms with van der Waals surface area (Å²) in [5.74, 6) is 0.895. The molecule has 2 unspecified atom stereocenters. The molecule has 5 rings (SSSR count). The Hall–Kier alpha value is -2.94. The van der Waals surface area contributed by atoms with Crippen LogP contribution in [0.4, 0.5) is 11.5 Å². The fraction of sp³-hybridized carbons (Fsp3) is 0.333. The standard InChI is InChI=1S/C24H26Cl2N8/c1-15-3-8-20(25)21(26)22(15)34-24(29-30-31-34)19-13-17(14-28-23(19)27)16-4-6-18(7-5-16)33-11-9-32(2)10-12-33/h3-8,13-15,22H,9-12H2,1-2H3,(H2,27,28). The van der Waals surface area contributed by atoms with Crippen molar-refractivity contribution in [1.29, 1.82) is 0 Å². The molecular formula is C24H26Cl2N8. The van der Waals surface area contributed by atoms with Crippen LogP contribution in [0.5, 0.6) is 0 Å². The van der Waals surface area contributed by atoms with E-state index in [1.54, 1.807) is 17.0 Å². The van der Waals surface area contributed by atoms with E-state index >= 15 is 0 Å². The van der Waals surface area contributed by atoms with E-state index in [1.807, 2.05) is 19.1 Å². The van der Waals surface area contributed by atoms with Crippen LogP contribution in [0.2, 0.25) is 0 Å². The van der Waals surface area contributed by atoms with Crippen molar-refractivity contribution in [3.8, 4) is 22.5 Å². The third-order valence-corrected chi connectivity index (χ3v) is 7.37. The Morgan fingerprint density at radius 2 is 1.76 bits per heavy atom. The van der Waals surface area contributed by atoms with Gasteiger partial charge in [-0.05, 0) is 47.3 Å². The van der Waals surface area contributed by atoms with Gasteiger partial charge in [0.15, 0.2) is 5.82 Å². The van der Waals surface area contributed by atoms with Crippen molar-refractivity contribution >= 4 is 34.7 Å². The summed E-state index contributed by atoms with van der Waals surface area (Å²) in [4.78, 5) is 9.20. The lowest BCUT2D eigenvalue weighted by Gasteiger charge is -2.34. The summed E-state index contributed by atoms with van der Waals surface area (Å²) in [6, 6.07) is 10.2. The Kier molecular flexibility index (Phi) is 6.29. The van der Waals surface area contributed by atoms with Crippen LogP contribution in [0.25, 0.3) is 22.5 Å². The summed E-state index contributed by atoms with van der Waals surface area (Å²) < 4.78 is 1.67. The summed E-state index contributed by atoms with van der Waals surface area (Å²) >= 11 is 12.9. The Labute approximate surface area is 208 Å². The molecule has 3 heterocycles. The molecule has 0 amide bonds. The van der Waals surface area contributed by atoms with Gasteiger partial charge in [-0.15, -0.1) is 5.10 Å². The molecule has 1 aliphatic carbocycles. The highest BCUT2D eigenvalue weighted by atomic mass is 35.5. The van der Waals surface area contributed by atoms with E-state index in [9.17, 15) is 0 Å². The molecule has 1 aromatic carbocycles. The molecule has 1 fully saturated rings. The molecule has 2 aliphatic rings. The molecule has 2 atom stereocenters. The quantitative estimate of drug-likeness (QED) is 0.579. The van der Waals surface area contributed by atoms with Gasteiger partial charge in [0, 0.05) is 49.5 Å². The third kappa shape index (κ3) is 4.29. The second-order valence-corrected chi connectivity index (χ2v) is 9.61. The molecule has 1 aliphatic heterocycles. The maximum Gasteiger partial charge on any atom is 0.186 e. The fourth-order valence-electron chi connectivity index (χ4n) is 4.42. The summed E-state index contributed by atoms with van der Waals surface area (Å²) in [6.07, 6.45) is 5.56. The number of benzene rings is 1. The number of nitrogens with two attached hydrogens (primary N) is 1. The summed E-state index contributed by atoms with van der Waals surface area (Å²) in [6.45, 7) is 6.24. The van der Waals surface area contributed by atoms with Gasteiger partial charge in [0.2, 0.25) is 0 Å². The lowest BCUT2D eigenvalue weighted by atomic mass is 9.96. The van der Waals surface area contributed by atoms with Crippen LogP contribution in [0.1, 0.15) is 13.0 Å². The Morgan fingerprint density at radius 1 is 1.03 bits per heavy atom. The number of allylic oxidation sites excluding steroid dienone is 4. The van der Waals surface area contributed by atoms with E-state index in [0.717, 1.165) is 37.3 Å². The van der Waals surface area contributed by atoms with Crippen LogP contribution in [0, 0.1) is 5.92 Å². The zero-order valence-electron chi connectivity index (χ0n) is 19.1. The molecule has 10 heteroatoms. The number of aromatic nitrogens is 5. The normalized spacial score (nSPS) is 21.4. The van der Waals surface area contributed by atoms with Crippen molar-refractivity contribution in [3.63, 3.8) is 0 Å². The zero-order chi connectivity index (χ0) is 23.8. The first kappa shape index (κ1) is 22.8. The Bertz CT molecular complexity index is 1240. The van der Waals surface area contributed by atoms with E-state index in [1.165, 1.54) is 5.69 Å². The number of halogens is 2. The van der Waals surface area contributed by atoms with Gasteiger partial charge in [-0.3, -0.25) is 0 Å². The second kappa shape index (κ2) is 9.37. The van der Waals surface area contributed by atoms with Gasteiger partial charge in [-0.2, -0.15) is 0 Å². The van der Waals surface area contributed by atoms with E-state index in [4.69, 9.17) is 28.9 Å². The number of nitrogens with zero attached hydrogens (tertiary/aromatic N) is 7. The van der Waals surface area contributed by atoms with Gasteiger partial charge in [0.05, 0.1) is 21.7 Å². The van der Waals surface area contributed by atoms with E-state index in [-0.39, 0.29) is 12.0 Å². The smallest absolute Gasteiger partial charge is 0.186 e. The van der Waals surface area contributed by atoms with E-state index < -0.39 is 0 Å². The molecular weight excluding hydrogens is 471 g/mol. The van der Waals surface area contributed by atoms with Crippen molar-refractivity contribution in [3.05, 3.63) is 58.7 Å². The summed E-state index contributed by atoms with van der Waals surface area (Å²) in [5, 5.41) is 13.3. The van der Waals surface area contributed by atoms with Gasteiger partial charge in [-0.1, -0.05) is 48.3 Å². The predicted octanol–water partition coefficient (Wildman–Crippen LogP) is 4.17.